The molecule has 6 heteroatoms. The number of benzene rings is 2. The number of unbranched alkanes of at least 4 members (excludes halogenated alkanes) is 5. The smallest absolute Gasteiger partial charge is 0.259 e. The maximum atomic E-state index is 13.7. The third-order valence-electron chi connectivity index (χ3n) is 8.25. The van der Waals surface area contributed by atoms with Gasteiger partial charge in [0.15, 0.2) is 0 Å². The molecule has 1 atom stereocenters. The van der Waals surface area contributed by atoms with E-state index in [4.69, 9.17) is 4.74 Å². The molecule has 2 aromatic carbocycles. The Bertz CT molecular complexity index is 1400. The molecule has 0 radical (unpaired) electrons. The van der Waals surface area contributed by atoms with E-state index in [1.165, 1.54) is 49.4 Å². The number of hydrogen-bond donors (Lipinski definition) is 1. The van der Waals surface area contributed by atoms with Gasteiger partial charge in [-0.05, 0) is 54.2 Å². The SMILES string of the molecule is CCCCCCCCOc1ccc([C@H]2C3=C(CN(C(C)=O)C3=O)Nc3cccc4c3c2cn4CCC(C)C)cc1. The van der Waals surface area contributed by atoms with Crippen molar-refractivity contribution in [3.63, 3.8) is 0 Å². The first-order chi connectivity index (χ1) is 19.4. The van der Waals surface area contributed by atoms with Gasteiger partial charge in [-0.1, -0.05) is 71.1 Å². The largest absolute Gasteiger partial charge is 0.494 e. The Kier molecular flexibility index (Phi) is 8.63. The summed E-state index contributed by atoms with van der Waals surface area (Å²) < 4.78 is 8.39. The predicted molar refractivity (Wildman–Crippen MR) is 162 cm³/mol. The van der Waals surface area contributed by atoms with Crippen molar-refractivity contribution >= 4 is 28.4 Å². The van der Waals surface area contributed by atoms with Crippen LogP contribution in [0, 0.1) is 5.92 Å². The average molecular weight is 542 g/mol. The molecule has 5 rings (SSSR count). The van der Waals surface area contributed by atoms with Crippen molar-refractivity contribution < 1.29 is 14.3 Å². The highest BCUT2D eigenvalue weighted by Gasteiger charge is 2.41. The highest BCUT2D eigenvalue weighted by molar-refractivity contribution is 6.11. The molecule has 0 bridgehead atoms. The van der Waals surface area contributed by atoms with Crippen LogP contribution in [0.1, 0.15) is 89.7 Å². The summed E-state index contributed by atoms with van der Waals surface area (Å²) in [5.74, 6) is 0.716. The molecule has 212 valence electrons. The van der Waals surface area contributed by atoms with Crippen molar-refractivity contribution in [2.24, 2.45) is 5.92 Å². The number of ether oxygens (including phenoxy) is 1. The standard InChI is InChI=1S/C34H43N3O3/c1-5-6-7-8-9-10-20-40-26-16-14-25(15-17-26)31-27-21-36(19-18-23(2)3)30-13-11-12-28(32(27)30)35-29-22-37(24(4)38)34(39)33(29)31/h11-17,21,23,31,35H,5-10,18-20,22H2,1-4H3/t31-/m1/s1. The minimum Gasteiger partial charge on any atom is -0.494 e. The van der Waals surface area contributed by atoms with Gasteiger partial charge in [0.05, 0.1) is 24.2 Å². The molecular weight excluding hydrogens is 498 g/mol. The molecule has 0 saturated heterocycles. The summed E-state index contributed by atoms with van der Waals surface area (Å²) in [6.07, 6.45) is 10.7. The van der Waals surface area contributed by atoms with Gasteiger partial charge in [-0.3, -0.25) is 14.5 Å². The fourth-order valence-electron chi connectivity index (χ4n) is 6.03. The molecule has 2 aliphatic rings. The van der Waals surface area contributed by atoms with E-state index in [2.05, 4.69) is 67.2 Å². The molecule has 0 aliphatic carbocycles. The van der Waals surface area contributed by atoms with Gasteiger partial charge in [-0.25, -0.2) is 0 Å². The molecule has 0 fully saturated rings. The number of rotatable bonds is 12. The highest BCUT2D eigenvalue weighted by Crippen LogP contribution is 2.46. The van der Waals surface area contributed by atoms with Crippen molar-refractivity contribution in [2.45, 2.75) is 85.1 Å². The molecule has 2 aliphatic heterocycles. The third kappa shape index (κ3) is 5.67. The normalized spacial score (nSPS) is 16.5. The van der Waals surface area contributed by atoms with E-state index in [-0.39, 0.29) is 24.3 Å². The van der Waals surface area contributed by atoms with E-state index >= 15 is 0 Å². The second-order valence-corrected chi connectivity index (χ2v) is 11.7. The van der Waals surface area contributed by atoms with Gasteiger partial charge in [0.1, 0.15) is 5.75 Å². The van der Waals surface area contributed by atoms with E-state index in [0.717, 1.165) is 53.0 Å². The van der Waals surface area contributed by atoms with Crippen molar-refractivity contribution in [1.29, 1.82) is 0 Å². The monoisotopic (exact) mass is 541 g/mol. The van der Waals surface area contributed by atoms with Gasteiger partial charge in [0.2, 0.25) is 5.91 Å². The number of amides is 2. The van der Waals surface area contributed by atoms with Crippen LogP contribution < -0.4 is 10.1 Å². The maximum absolute atomic E-state index is 13.7. The summed E-state index contributed by atoms with van der Waals surface area (Å²) in [5.41, 5.74) is 5.76. The third-order valence-corrected chi connectivity index (χ3v) is 8.25. The fourth-order valence-corrected chi connectivity index (χ4v) is 6.03. The average Bonchev–Trinajstić information content (AvgIpc) is 3.42. The van der Waals surface area contributed by atoms with Crippen LogP contribution in [-0.2, 0) is 16.1 Å². The fraction of sp³-hybridized carbons (Fsp3) is 0.471. The molecule has 0 spiro atoms. The van der Waals surface area contributed by atoms with Crippen LogP contribution in [0.15, 0.2) is 59.9 Å². The predicted octanol–water partition coefficient (Wildman–Crippen LogP) is 7.63. The lowest BCUT2D eigenvalue weighted by atomic mass is 9.84. The van der Waals surface area contributed by atoms with Crippen molar-refractivity contribution in [3.05, 3.63) is 71.1 Å². The number of hydrogen-bond acceptors (Lipinski definition) is 4. The number of nitrogens with zero attached hydrogens (tertiary/aromatic N) is 2. The second kappa shape index (κ2) is 12.3. The zero-order valence-corrected chi connectivity index (χ0v) is 24.5. The molecule has 0 unspecified atom stereocenters. The quantitative estimate of drug-likeness (QED) is 0.240. The number of imide groups is 1. The van der Waals surface area contributed by atoms with Crippen LogP contribution in [0.5, 0.6) is 5.75 Å². The summed E-state index contributed by atoms with van der Waals surface area (Å²) >= 11 is 0. The van der Waals surface area contributed by atoms with Crippen molar-refractivity contribution in [1.82, 2.24) is 9.47 Å². The van der Waals surface area contributed by atoms with Gasteiger partial charge < -0.3 is 14.6 Å². The van der Waals surface area contributed by atoms with E-state index in [1.807, 2.05) is 12.1 Å². The topological polar surface area (TPSA) is 63.6 Å². The number of carbonyl (C=O) groups excluding carboxylic acids is 2. The molecule has 6 nitrogen and oxygen atoms in total. The summed E-state index contributed by atoms with van der Waals surface area (Å²) in [5, 5.41) is 4.72. The van der Waals surface area contributed by atoms with Crippen LogP contribution in [-0.4, -0.2) is 34.4 Å². The van der Waals surface area contributed by atoms with Gasteiger partial charge in [0, 0.05) is 42.4 Å². The zero-order chi connectivity index (χ0) is 28.2. The second-order valence-electron chi connectivity index (χ2n) is 11.7. The van der Waals surface area contributed by atoms with Gasteiger partial charge in [-0.2, -0.15) is 0 Å². The minimum atomic E-state index is -0.279. The Hall–Kier alpha value is -3.54. The number of aromatic nitrogens is 1. The first kappa shape index (κ1) is 28.0. The summed E-state index contributed by atoms with van der Waals surface area (Å²) in [4.78, 5) is 27.5. The van der Waals surface area contributed by atoms with Crippen LogP contribution in [0.3, 0.4) is 0 Å². The number of anilines is 1. The molecule has 40 heavy (non-hydrogen) atoms. The molecule has 3 heterocycles. The lowest BCUT2D eigenvalue weighted by Gasteiger charge is -2.20. The van der Waals surface area contributed by atoms with E-state index in [9.17, 15) is 9.59 Å². The number of nitrogens with one attached hydrogen (secondary N) is 1. The Balaban J connectivity index is 1.47. The van der Waals surface area contributed by atoms with E-state index < -0.39 is 0 Å². The first-order valence-corrected chi connectivity index (χ1v) is 15.1. The highest BCUT2D eigenvalue weighted by atomic mass is 16.5. The first-order valence-electron chi connectivity index (χ1n) is 15.1. The molecule has 1 aromatic heterocycles. The van der Waals surface area contributed by atoms with Gasteiger partial charge in [0.25, 0.3) is 5.91 Å². The minimum absolute atomic E-state index is 0.209. The molecule has 2 amide bonds. The van der Waals surface area contributed by atoms with E-state index in [1.54, 1.807) is 0 Å². The summed E-state index contributed by atoms with van der Waals surface area (Å²) in [6, 6.07) is 14.5. The number of aryl methyl sites for hydroxylation is 1. The van der Waals surface area contributed by atoms with Crippen LogP contribution in [0.25, 0.3) is 10.9 Å². The Morgan fingerprint density at radius 1 is 1.05 bits per heavy atom. The Labute approximate surface area is 238 Å². The van der Waals surface area contributed by atoms with E-state index in [0.29, 0.717) is 18.1 Å². The van der Waals surface area contributed by atoms with Crippen LogP contribution >= 0.6 is 0 Å². The maximum Gasteiger partial charge on any atom is 0.259 e. The molecule has 1 N–H and O–H groups in total. The van der Waals surface area contributed by atoms with Crippen LogP contribution in [0.2, 0.25) is 0 Å². The summed E-state index contributed by atoms with van der Waals surface area (Å²) in [6.45, 7) is 10.1. The zero-order valence-electron chi connectivity index (χ0n) is 24.5. The number of carbonyl (C=O) groups is 2. The Morgan fingerprint density at radius 2 is 1.80 bits per heavy atom. The van der Waals surface area contributed by atoms with Crippen molar-refractivity contribution in [2.75, 3.05) is 18.5 Å². The van der Waals surface area contributed by atoms with Gasteiger partial charge >= 0.3 is 0 Å². The molecule has 0 saturated carbocycles. The van der Waals surface area contributed by atoms with Crippen LogP contribution in [0.4, 0.5) is 5.69 Å². The molecular formula is C34H43N3O3. The molecule has 3 aromatic rings. The summed E-state index contributed by atoms with van der Waals surface area (Å²) in [7, 11) is 0. The lowest BCUT2D eigenvalue weighted by molar-refractivity contribution is -0.139. The van der Waals surface area contributed by atoms with Crippen molar-refractivity contribution in [3.8, 4) is 5.75 Å². The Morgan fingerprint density at radius 3 is 2.52 bits per heavy atom. The lowest BCUT2D eigenvalue weighted by Crippen LogP contribution is -2.33. The van der Waals surface area contributed by atoms with Gasteiger partial charge in [-0.15, -0.1) is 0 Å².